The molecule has 0 aliphatic carbocycles. The lowest BCUT2D eigenvalue weighted by molar-refractivity contribution is 0.0834. The number of nitrogens with one attached hydrogen (secondary N) is 2. The van der Waals surface area contributed by atoms with Gasteiger partial charge in [-0.2, -0.15) is 0 Å². The standard InChI is InChI=1S/C13H21FN2O3S/c1-10(2)19-7-6-16-20(17,18)13-5-4-11(9-15-3)8-12(13)14/h4-5,8,10,15-16H,6-7,9H2,1-3H3. The van der Waals surface area contributed by atoms with Gasteiger partial charge < -0.3 is 10.1 Å². The first-order valence-electron chi connectivity index (χ1n) is 6.41. The fourth-order valence-corrected chi connectivity index (χ4v) is 2.70. The molecule has 0 atom stereocenters. The van der Waals surface area contributed by atoms with E-state index in [9.17, 15) is 12.8 Å². The number of benzene rings is 1. The molecule has 5 nitrogen and oxygen atoms in total. The van der Waals surface area contributed by atoms with Crippen molar-refractivity contribution in [2.24, 2.45) is 0 Å². The topological polar surface area (TPSA) is 67.4 Å². The Morgan fingerprint density at radius 1 is 1.35 bits per heavy atom. The summed E-state index contributed by atoms with van der Waals surface area (Å²) in [5, 5.41) is 2.87. The van der Waals surface area contributed by atoms with Crippen LogP contribution in [0.5, 0.6) is 0 Å². The van der Waals surface area contributed by atoms with E-state index in [4.69, 9.17) is 4.74 Å². The molecule has 0 spiro atoms. The van der Waals surface area contributed by atoms with Crippen LogP contribution in [0.4, 0.5) is 4.39 Å². The molecule has 0 heterocycles. The molecule has 0 radical (unpaired) electrons. The molecule has 0 bridgehead atoms. The SMILES string of the molecule is CNCc1ccc(S(=O)(=O)NCCOC(C)C)c(F)c1. The molecule has 1 aromatic rings. The van der Waals surface area contributed by atoms with E-state index in [1.807, 2.05) is 13.8 Å². The van der Waals surface area contributed by atoms with Crippen LogP contribution in [0.25, 0.3) is 0 Å². The first kappa shape index (κ1) is 17.0. The van der Waals surface area contributed by atoms with E-state index >= 15 is 0 Å². The van der Waals surface area contributed by atoms with Crippen LogP contribution in [0.3, 0.4) is 0 Å². The third kappa shape index (κ3) is 5.16. The summed E-state index contributed by atoms with van der Waals surface area (Å²) in [4.78, 5) is -0.345. The number of sulfonamides is 1. The molecular weight excluding hydrogens is 283 g/mol. The number of hydrogen-bond acceptors (Lipinski definition) is 4. The summed E-state index contributed by atoms with van der Waals surface area (Å²) in [5.74, 6) is -0.755. The number of ether oxygens (including phenoxy) is 1. The Morgan fingerprint density at radius 3 is 2.60 bits per heavy atom. The molecule has 0 saturated heterocycles. The molecule has 0 fully saturated rings. The summed E-state index contributed by atoms with van der Waals surface area (Å²) in [7, 11) is -2.11. The second-order valence-corrected chi connectivity index (χ2v) is 6.35. The zero-order valence-corrected chi connectivity index (χ0v) is 12.8. The molecule has 0 aromatic heterocycles. The minimum Gasteiger partial charge on any atom is -0.377 e. The van der Waals surface area contributed by atoms with Gasteiger partial charge in [0.25, 0.3) is 0 Å². The maximum atomic E-state index is 13.8. The molecule has 0 amide bonds. The second-order valence-electron chi connectivity index (χ2n) is 4.61. The first-order valence-corrected chi connectivity index (χ1v) is 7.89. The van der Waals surface area contributed by atoms with Gasteiger partial charge in [-0.05, 0) is 38.6 Å². The molecule has 0 aliphatic rings. The molecule has 0 unspecified atom stereocenters. The van der Waals surface area contributed by atoms with Crippen molar-refractivity contribution in [2.75, 3.05) is 20.2 Å². The highest BCUT2D eigenvalue weighted by atomic mass is 32.2. The summed E-state index contributed by atoms with van der Waals surface area (Å²) in [6, 6.07) is 4.07. The number of rotatable bonds is 8. The quantitative estimate of drug-likeness (QED) is 0.709. The zero-order chi connectivity index (χ0) is 15.2. The maximum absolute atomic E-state index is 13.8. The van der Waals surface area contributed by atoms with Gasteiger partial charge in [0.2, 0.25) is 10.0 Å². The lowest BCUT2D eigenvalue weighted by Crippen LogP contribution is -2.29. The molecule has 1 rings (SSSR count). The van der Waals surface area contributed by atoms with E-state index in [1.165, 1.54) is 12.1 Å². The second kappa shape index (κ2) is 7.68. The molecule has 0 aliphatic heterocycles. The summed E-state index contributed by atoms with van der Waals surface area (Å²) < 4.78 is 45.3. The average molecular weight is 304 g/mol. The number of halogens is 1. The van der Waals surface area contributed by atoms with Crippen molar-refractivity contribution < 1.29 is 17.5 Å². The van der Waals surface area contributed by atoms with Crippen molar-refractivity contribution in [3.05, 3.63) is 29.6 Å². The molecule has 7 heteroatoms. The van der Waals surface area contributed by atoms with Gasteiger partial charge in [0, 0.05) is 13.1 Å². The minimum absolute atomic E-state index is 0.0251. The summed E-state index contributed by atoms with van der Waals surface area (Å²) in [6.07, 6.45) is 0.0251. The fraction of sp³-hybridized carbons (Fsp3) is 0.538. The lowest BCUT2D eigenvalue weighted by Gasteiger charge is -2.10. The fourth-order valence-electron chi connectivity index (χ4n) is 1.62. The van der Waals surface area contributed by atoms with E-state index in [2.05, 4.69) is 10.0 Å². The lowest BCUT2D eigenvalue weighted by atomic mass is 10.2. The van der Waals surface area contributed by atoms with Crippen LogP contribution in [-0.4, -0.2) is 34.7 Å². The van der Waals surface area contributed by atoms with Crippen molar-refractivity contribution in [1.82, 2.24) is 10.0 Å². The average Bonchev–Trinajstić information content (AvgIpc) is 2.34. The first-order chi connectivity index (χ1) is 9.36. The van der Waals surface area contributed by atoms with Gasteiger partial charge in [-0.1, -0.05) is 6.07 Å². The molecule has 114 valence electrons. The van der Waals surface area contributed by atoms with Crippen molar-refractivity contribution >= 4 is 10.0 Å². The molecule has 0 saturated carbocycles. The van der Waals surface area contributed by atoms with Crippen LogP contribution in [0.2, 0.25) is 0 Å². The van der Waals surface area contributed by atoms with Crippen LogP contribution in [-0.2, 0) is 21.3 Å². The highest BCUT2D eigenvalue weighted by molar-refractivity contribution is 7.89. The van der Waals surface area contributed by atoms with Gasteiger partial charge in [-0.15, -0.1) is 0 Å². The predicted octanol–water partition coefficient (Wildman–Crippen LogP) is 1.25. The van der Waals surface area contributed by atoms with Crippen molar-refractivity contribution in [3.63, 3.8) is 0 Å². The van der Waals surface area contributed by atoms with E-state index < -0.39 is 15.8 Å². The maximum Gasteiger partial charge on any atom is 0.243 e. The van der Waals surface area contributed by atoms with E-state index in [0.29, 0.717) is 12.1 Å². The Balaban J connectivity index is 2.72. The van der Waals surface area contributed by atoms with E-state index in [-0.39, 0.29) is 24.2 Å². The molecular formula is C13H21FN2O3S. The highest BCUT2D eigenvalue weighted by Gasteiger charge is 2.18. The van der Waals surface area contributed by atoms with Gasteiger partial charge in [0.05, 0.1) is 12.7 Å². The van der Waals surface area contributed by atoms with Gasteiger partial charge >= 0.3 is 0 Å². The van der Waals surface area contributed by atoms with Crippen LogP contribution in [0.1, 0.15) is 19.4 Å². The monoisotopic (exact) mass is 304 g/mol. The Labute approximate surface area is 119 Å². The smallest absolute Gasteiger partial charge is 0.243 e. The van der Waals surface area contributed by atoms with E-state index in [0.717, 1.165) is 0 Å². The third-order valence-corrected chi connectivity index (χ3v) is 4.01. The van der Waals surface area contributed by atoms with Gasteiger partial charge in [-0.25, -0.2) is 17.5 Å². The van der Waals surface area contributed by atoms with Crippen molar-refractivity contribution in [2.45, 2.75) is 31.4 Å². The van der Waals surface area contributed by atoms with Crippen molar-refractivity contribution in [1.29, 1.82) is 0 Å². The van der Waals surface area contributed by atoms with E-state index in [1.54, 1.807) is 13.1 Å². The largest absolute Gasteiger partial charge is 0.377 e. The summed E-state index contributed by atoms with van der Waals surface area (Å²) in [5.41, 5.74) is 0.687. The summed E-state index contributed by atoms with van der Waals surface area (Å²) >= 11 is 0. The van der Waals surface area contributed by atoms with Crippen LogP contribution in [0, 0.1) is 5.82 Å². The molecule has 20 heavy (non-hydrogen) atoms. The van der Waals surface area contributed by atoms with Crippen LogP contribution < -0.4 is 10.0 Å². The Morgan fingerprint density at radius 2 is 2.05 bits per heavy atom. The van der Waals surface area contributed by atoms with Gasteiger partial charge in [-0.3, -0.25) is 0 Å². The Bertz CT molecular complexity index is 532. The normalized spacial score (nSPS) is 12.1. The predicted molar refractivity (Wildman–Crippen MR) is 75.4 cm³/mol. The summed E-state index contributed by atoms with van der Waals surface area (Å²) in [6.45, 7) is 4.55. The van der Waals surface area contributed by atoms with Gasteiger partial charge in [0.1, 0.15) is 10.7 Å². The third-order valence-electron chi connectivity index (χ3n) is 2.51. The van der Waals surface area contributed by atoms with Crippen LogP contribution >= 0.6 is 0 Å². The zero-order valence-electron chi connectivity index (χ0n) is 11.9. The Hall–Kier alpha value is -1.02. The van der Waals surface area contributed by atoms with Crippen LogP contribution in [0.15, 0.2) is 23.1 Å². The Kier molecular flexibility index (Phi) is 6.54. The molecule has 2 N–H and O–H groups in total. The van der Waals surface area contributed by atoms with Crippen molar-refractivity contribution in [3.8, 4) is 0 Å². The number of hydrogen-bond donors (Lipinski definition) is 2. The molecule has 1 aromatic carbocycles. The van der Waals surface area contributed by atoms with Gasteiger partial charge in [0.15, 0.2) is 0 Å². The highest BCUT2D eigenvalue weighted by Crippen LogP contribution is 2.15. The minimum atomic E-state index is -3.85.